The maximum Gasteiger partial charge on any atom is 0.306 e. The summed E-state index contributed by atoms with van der Waals surface area (Å²) in [6, 6.07) is 9.21. The normalized spacial score (nSPS) is 15.4. The molecule has 1 amide bonds. The molecule has 1 aliphatic rings. The molecule has 28 heavy (non-hydrogen) atoms. The zero-order chi connectivity index (χ0) is 20.3. The summed E-state index contributed by atoms with van der Waals surface area (Å²) < 4.78 is 13.4. The van der Waals surface area contributed by atoms with Crippen LogP contribution in [0.5, 0.6) is 0 Å². The van der Waals surface area contributed by atoms with E-state index in [9.17, 15) is 19.3 Å². The Balaban J connectivity index is 1.64. The molecular formula is C21H24FN3O3. The third-order valence-corrected chi connectivity index (χ3v) is 5.18. The van der Waals surface area contributed by atoms with Gasteiger partial charge >= 0.3 is 5.69 Å². The lowest BCUT2D eigenvalue weighted by atomic mass is 9.89. The van der Waals surface area contributed by atoms with Gasteiger partial charge in [0.05, 0.1) is 11.0 Å². The highest BCUT2D eigenvalue weighted by molar-refractivity contribution is 5.94. The third-order valence-electron chi connectivity index (χ3n) is 5.18. The van der Waals surface area contributed by atoms with Gasteiger partial charge in [-0.3, -0.25) is 20.2 Å². The summed E-state index contributed by atoms with van der Waals surface area (Å²) in [4.78, 5) is 22.5. The highest BCUT2D eigenvalue weighted by Gasteiger charge is 2.20. The van der Waals surface area contributed by atoms with Crippen molar-refractivity contribution >= 4 is 17.3 Å². The van der Waals surface area contributed by atoms with Crippen molar-refractivity contribution in [2.45, 2.75) is 51.6 Å². The molecule has 2 aromatic rings. The Morgan fingerprint density at radius 1 is 1.11 bits per heavy atom. The Morgan fingerprint density at radius 2 is 1.82 bits per heavy atom. The number of anilines is 1. The first-order chi connectivity index (χ1) is 13.3. The maximum absolute atomic E-state index is 13.4. The Kier molecular flexibility index (Phi) is 6.04. The van der Waals surface area contributed by atoms with Crippen LogP contribution in [0.2, 0.25) is 0 Å². The predicted octanol–water partition coefficient (Wildman–Crippen LogP) is 4.29. The van der Waals surface area contributed by atoms with E-state index in [-0.39, 0.29) is 17.6 Å². The number of amides is 1. The number of fused-ring (bicyclic) bond motifs is 1. The Labute approximate surface area is 163 Å². The van der Waals surface area contributed by atoms with E-state index in [4.69, 9.17) is 0 Å². The number of nitrogens with zero attached hydrogens (tertiary/aromatic N) is 1. The van der Waals surface area contributed by atoms with Crippen LogP contribution in [0, 0.1) is 15.9 Å². The average molecular weight is 385 g/mol. The van der Waals surface area contributed by atoms with Gasteiger partial charge in [-0.15, -0.1) is 0 Å². The molecule has 0 radical (unpaired) electrons. The number of carbonyl (C=O) groups excluding carboxylic acids is 1. The molecule has 1 aliphatic carbocycles. The molecule has 0 heterocycles. The molecule has 0 saturated carbocycles. The second-order valence-corrected chi connectivity index (χ2v) is 7.26. The molecule has 2 N–H and O–H groups in total. The van der Waals surface area contributed by atoms with Crippen LogP contribution in [0.25, 0.3) is 0 Å². The molecule has 148 valence electrons. The summed E-state index contributed by atoms with van der Waals surface area (Å²) in [5, 5.41) is 16.7. The average Bonchev–Trinajstić information content (AvgIpc) is 2.68. The summed E-state index contributed by atoms with van der Waals surface area (Å²) in [5.41, 5.74) is 3.44. The van der Waals surface area contributed by atoms with Crippen molar-refractivity contribution < 1.29 is 14.1 Å². The predicted molar refractivity (Wildman–Crippen MR) is 106 cm³/mol. The quantitative estimate of drug-likeness (QED) is 0.574. The number of benzene rings is 2. The van der Waals surface area contributed by atoms with Crippen molar-refractivity contribution in [2.24, 2.45) is 0 Å². The van der Waals surface area contributed by atoms with Crippen LogP contribution in [0.4, 0.5) is 15.8 Å². The van der Waals surface area contributed by atoms with Crippen LogP contribution in [0.3, 0.4) is 0 Å². The van der Waals surface area contributed by atoms with E-state index in [1.54, 1.807) is 6.92 Å². The van der Waals surface area contributed by atoms with Crippen molar-refractivity contribution in [1.82, 2.24) is 5.32 Å². The highest BCUT2D eigenvalue weighted by Crippen LogP contribution is 2.25. The zero-order valence-electron chi connectivity index (χ0n) is 16.0. The fraction of sp³-hybridized carbons (Fsp3) is 0.381. The molecule has 0 spiro atoms. The van der Waals surface area contributed by atoms with E-state index in [1.165, 1.54) is 30.0 Å². The van der Waals surface area contributed by atoms with Crippen molar-refractivity contribution in [3.8, 4) is 0 Å². The second kappa shape index (κ2) is 8.48. The molecule has 0 aliphatic heterocycles. The molecule has 2 aromatic carbocycles. The minimum Gasteiger partial charge on any atom is -0.324 e. The van der Waals surface area contributed by atoms with E-state index in [1.807, 2.05) is 6.92 Å². The van der Waals surface area contributed by atoms with E-state index in [2.05, 4.69) is 28.8 Å². The Morgan fingerprint density at radius 3 is 2.54 bits per heavy atom. The number of halogens is 1. The zero-order valence-corrected chi connectivity index (χ0v) is 16.0. The first-order valence-corrected chi connectivity index (χ1v) is 9.47. The Bertz CT molecular complexity index is 900. The molecule has 7 heteroatoms. The van der Waals surface area contributed by atoms with E-state index >= 15 is 0 Å². The summed E-state index contributed by atoms with van der Waals surface area (Å²) >= 11 is 0. The van der Waals surface area contributed by atoms with Crippen LogP contribution in [-0.2, 0) is 17.6 Å². The summed E-state index contributed by atoms with van der Waals surface area (Å²) in [6.07, 6.45) is 4.66. The number of aryl methyl sites for hydroxylation is 2. The van der Waals surface area contributed by atoms with Crippen molar-refractivity contribution in [1.29, 1.82) is 0 Å². The topological polar surface area (TPSA) is 84.3 Å². The molecule has 0 fully saturated rings. The standard InChI is InChI=1S/C21H24FN3O3/c1-13(16-8-7-15-5-3-4-6-17(15)11-16)23-14(2)21(26)24-18-9-10-19(22)20(12-18)25(27)28/h7-14,23H,3-6H2,1-2H3,(H,24,26)/t13-,14-/m0/s1. The van der Waals surface area contributed by atoms with Gasteiger partial charge in [0, 0.05) is 17.8 Å². The number of nitro groups is 1. The minimum atomic E-state index is -0.935. The van der Waals surface area contributed by atoms with Gasteiger partial charge in [0.2, 0.25) is 11.7 Å². The fourth-order valence-corrected chi connectivity index (χ4v) is 3.55. The number of rotatable bonds is 6. The van der Waals surface area contributed by atoms with E-state index < -0.39 is 22.5 Å². The van der Waals surface area contributed by atoms with Crippen molar-refractivity contribution in [2.75, 3.05) is 5.32 Å². The van der Waals surface area contributed by atoms with E-state index in [0.717, 1.165) is 30.5 Å². The third kappa shape index (κ3) is 4.54. The number of nitro benzene ring substituents is 1. The molecule has 2 atom stereocenters. The Hall–Kier alpha value is -2.80. The van der Waals surface area contributed by atoms with Gasteiger partial charge in [-0.05, 0) is 68.4 Å². The first kappa shape index (κ1) is 19.9. The molecular weight excluding hydrogens is 361 g/mol. The highest BCUT2D eigenvalue weighted by atomic mass is 19.1. The smallest absolute Gasteiger partial charge is 0.306 e. The van der Waals surface area contributed by atoms with Gasteiger partial charge < -0.3 is 5.32 Å². The van der Waals surface area contributed by atoms with Gasteiger partial charge in [-0.2, -0.15) is 4.39 Å². The number of carbonyl (C=O) groups is 1. The van der Waals surface area contributed by atoms with Crippen LogP contribution in [-0.4, -0.2) is 16.9 Å². The van der Waals surface area contributed by atoms with Crippen LogP contribution in [0.1, 0.15) is 49.4 Å². The minimum absolute atomic E-state index is 0.0319. The second-order valence-electron chi connectivity index (χ2n) is 7.26. The number of hydrogen-bond acceptors (Lipinski definition) is 4. The summed E-state index contributed by atoms with van der Waals surface area (Å²) in [6.45, 7) is 3.72. The van der Waals surface area contributed by atoms with Crippen LogP contribution < -0.4 is 10.6 Å². The molecule has 0 saturated heterocycles. The number of nitrogens with one attached hydrogen (secondary N) is 2. The summed E-state index contributed by atoms with van der Waals surface area (Å²) in [5.74, 6) is -1.28. The molecule has 0 bridgehead atoms. The lowest BCUT2D eigenvalue weighted by molar-refractivity contribution is -0.387. The van der Waals surface area contributed by atoms with Crippen LogP contribution in [0.15, 0.2) is 36.4 Å². The SMILES string of the molecule is C[C@H](N[C@@H](C)c1ccc2c(c1)CCCC2)C(=O)Nc1ccc(F)c([N+](=O)[O-])c1. The molecule has 0 unspecified atom stereocenters. The van der Waals surface area contributed by atoms with Crippen LogP contribution >= 0.6 is 0 Å². The lowest BCUT2D eigenvalue weighted by Crippen LogP contribution is -2.39. The van der Waals surface area contributed by atoms with E-state index in [0.29, 0.717) is 0 Å². The van der Waals surface area contributed by atoms with Crippen molar-refractivity contribution in [3.63, 3.8) is 0 Å². The van der Waals surface area contributed by atoms with Gasteiger partial charge in [0.25, 0.3) is 0 Å². The fourth-order valence-electron chi connectivity index (χ4n) is 3.55. The van der Waals surface area contributed by atoms with Gasteiger partial charge in [-0.25, -0.2) is 0 Å². The number of hydrogen-bond donors (Lipinski definition) is 2. The monoisotopic (exact) mass is 385 g/mol. The van der Waals surface area contributed by atoms with Gasteiger partial charge in [0.15, 0.2) is 0 Å². The molecule has 6 nitrogen and oxygen atoms in total. The first-order valence-electron chi connectivity index (χ1n) is 9.47. The lowest BCUT2D eigenvalue weighted by Gasteiger charge is -2.22. The maximum atomic E-state index is 13.4. The van der Waals surface area contributed by atoms with Gasteiger partial charge in [0.1, 0.15) is 0 Å². The summed E-state index contributed by atoms with van der Waals surface area (Å²) in [7, 11) is 0. The molecule has 3 rings (SSSR count). The largest absolute Gasteiger partial charge is 0.324 e. The van der Waals surface area contributed by atoms with Gasteiger partial charge in [-0.1, -0.05) is 18.2 Å². The van der Waals surface area contributed by atoms with Crippen molar-refractivity contribution in [3.05, 3.63) is 69.0 Å². The molecule has 0 aromatic heterocycles.